The summed E-state index contributed by atoms with van der Waals surface area (Å²) in [6.07, 6.45) is 1.08. The van der Waals surface area contributed by atoms with E-state index in [1.54, 1.807) is 25.1 Å². The van der Waals surface area contributed by atoms with Crippen LogP contribution in [0.1, 0.15) is 18.9 Å². The summed E-state index contributed by atoms with van der Waals surface area (Å²) in [5, 5.41) is 2.73. The Kier molecular flexibility index (Phi) is 4.32. The van der Waals surface area contributed by atoms with Gasteiger partial charge in [-0.3, -0.25) is 9.59 Å². The number of carbonyl (C=O) groups is 2. The molecule has 1 aromatic carbocycles. The second-order valence-electron chi connectivity index (χ2n) is 5.19. The normalized spacial score (nSPS) is 17.6. The van der Waals surface area contributed by atoms with Crippen LogP contribution in [0.3, 0.4) is 0 Å². The number of aryl methyl sites for hydroxylation is 1. The third-order valence-electron chi connectivity index (χ3n) is 3.09. The summed E-state index contributed by atoms with van der Waals surface area (Å²) in [6.45, 7) is 1.66. The topological polar surface area (TPSA) is 89.5 Å². The van der Waals surface area contributed by atoms with Crippen LogP contribution in [0.2, 0.25) is 0 Å². The maximum Gasteiger partial charge on any atom is 0.265 e. The van der Waals surface area contributed by atoms with Gasteiger partial charge in [0.1, 0.15) is 17.3 Å². The molecule has 1 aliphatic rings. The minimum absolute atomic E-state index is 0.150. The molecular weight excluding hydrogens is 294 g/mol. The molecule has 1 aromatic rings. The van der Waals surface area contributed by atoms with Gasteiger partial charge in [0.25, 0.3) is 5.91 Å². The van der Waals surface area contributed by atoms with Gasteiger partial charge < -0.3 is 10.1 Å². The lowest BCUT2D eigenvalue weighted by molar-refractivity contribution is -0.122. The summed E-state index contributed by atoms with van der Waals surface area (Å²) in [5.41, 5.74) is 1.42. The van der Waals surface area contributed by atoms with Crippen LogP contribution in [0.25, 0.3) is 0 Å². The zero-order chi connectivity index (χ0) is 15.6. The van der Waals surface area contributed by atoms with Gasteiger partial charge in [-0.2, -0.15) is 0 Å². The molecule has 0 saturated carbocycles. The first kappa shape index (κ1) is 15.5. The molecule has 2 rings (SSSR count). The average molecular weight is 311 g/mol. The molecular formula is C14H17NO5S. The highest BCUT2D eigenvalue weighted by atomic mass is 32.2. The number of hydrogen-bond donors (Lipinski definition) is 1. The lowest BCUT2D eigenvalue weighted by Crippen LogP contribution is -2.34. The molecule has 0 radical (unpaired) electrons. The lowest BCUT2D eigenvalue weighted by Gasteiger charge is -2.23. The molecule has 1 heterocycles. The molecule has 1 unspecified atom stereocenters. The van der Waals surface area contributed by atoms with Gasteiger partial charge >= 0.3 is 0 Å². The van der Waals surface area contributed by atoms with E-state index in [0.29, 0.717) is 17.9 Å². The van der Waals surface area contributed by atoms with Gasteiger partial charge in [-0.05, 0) is 31.0 Å². The van der Waals surface area contributed by atoms with Crippen molar-refractivity contribution in [3.8, 4) is 5.75 Å². The number of rotatable bonds is 5. The Bertz CT molecular complexity index is 681. The molecule has 7 heteroatoms. The standard InChI is InChI=1S/C14H17NO5S/c1-9-14(17)15-12-7-10(4-6-13(12)20-9)3-5-11(16)8-21(2,18)19/h4,6-7,9H,3,5,8H2,1-2H3,(H,15,17). The number of nitrogens with one attached hydrogen (secondary N) is 1. The van der Waals surface area contributed by atoms with Gasteiger partial charge in [0.15, 0.2) is 15.9 Å². The van der Waals surface area contributed by atoms with Crippen LogP contribution in [-0.2, 0) is 25.8 Å². The van der Waals surface area contributed by atoms with Crippen molar-refractivity contribution in [3.05, 3.63) is 23.8 Å². The Hall–Kier alpha value is -1.89. The number of benzene rings is 1. The fourth-order valence-electron chi connectivity index (χ4n) is 2.06. The third kappa shape index (κ3) is 4.29. The van der Waals surface area contributed by atoms with E-state index in [1.165, 1.54) is 0 Å². The third-order valence-corrected chi connectivity index (χ3v) is 3.94. The number of amides is 1. The summed E-state index contributed by atoms with van der Waals surface area (Å²) in [4.78, 5) is 23.1. The second kappa shape index (κ2) is 5.85. The minimum atomic E-state index is -3.28. The molecule has 114 valence electrons. The average Bonchev–Trinajstić information content (AvgIpc) is 2.36. The maximum absolute atomic E-state index is 11.5. The van der Waals surface area contributed by atoms with Crippen molar-refractivity contribution in [1.29, 1.82) is 0 Å². The van der Waals surface area contributed by atoms with E-state index in [1.807, 2.05) is 0 Å². The van der Waals surface area contributed by atoms with Crippen LogP contribution in [0.5, 0.6) is 5.75 Å². The van der Waals surface area contributed by atoms with Crippen molar-refractivity contribution >= 4 is 27.2 Å². The molecule has 0 spiro atoms. The highest BCUT2D eigenvalue weighted by Crippen LogP contribution is 2.30. The second-order valence-corrected chi connectivity index (χ2v) is 7.33. The maximum atomic E-state index is 11.5. The van der Waals surface area contributed by atoms with Crippen LogP contribution in [0.4, 0.5) is 5.69 Å². The number of Topliss-reactive ketones (excluding diaryl/α,β-unsaturated/α-hetero) is 1. The monoisotopic (exact) mass is 311 g/mol. The number of ketones is 1. The van der Waals surface area contributed by atoms with Crippen molar-refractivity contribution < 1.29 is 22.7 Å². The lowest BCUT2D eigenvalue weighted by atomic mass is 10.1. The number of sulfone groups is 1. The van der Waals surface area contributed by atoms with E-state index < -0.39 is 21.7 Å². The predicted octanol–water partition coefficient (Wildman–Crippen LogP) is 0.952. The van der Waals surface area contributed by atoms with Crippen LogP contribution in [0.15, 0.2) is 18.2 Å². The van der Waals surface area contributed by atoms with Crippen LogP contribution in [0, 0.1) is 0 Å². The van der Waals surface area contributed by atoms with Gasteiger partial charge in [0, 0.05) is 12.7 Å². The summed E-state index contributed by atoms with van der Waals surface area (Å²) in [6, 6.07) is 5.28. The SMILES string of the molecule is CC1Oc2ccc(CCC(=O)CS(C)(=O)=O)cc2NC1=O. The number of ether oxygens (including phenoxy) is 1. The first-order valence-corrected chi connectivity index (χ1v) is 8.60. The summed E-state index contributed by atoms with van der Waals surface area (Å²) < 4.78 is 27.5. The van der Waals surface area contributed by atoms with Gasteiger partial charge in [-0.1, -0.05) is 6.07 Å². The first-order valence-electron chi connectivity index (χ1n) is 6.54. The molecule has 0 aromatic heterocycles. The molecule has 1 amide bonds. The number of carbonyl (C=O) groups excluding carboxylic acids is 2. The van der Waals surface area contributed by atoms with E-state index in [9.17, 15) is 18.0 Å². The molecule has 1 N–H and O–H groups in total. The van der Waals surface area contributed by atoms with E-state index in [4.69, 9.17) is 4.74 Å². The van der Waals surface area contributed by atoms with Gasteiger partial charge in [-0.15, -0.1) is 0 Å². The van der Waals surface area contributed by atoms with Gasteiger partial charge in [0.05, 0.1) is 5.69 Å². The van der Waals surface area contributed by atoms with Crippen LogP contribution < -0.4 is 10.1 Å². The molecule has 1 atom stereocenters. The van der Waals surface area contributed by atoms with E-state index in [2.05, 4.69) is 5.32 Å². The molecule has 0 bridgehead atoms. The Morgan fingerprint density at radius 2 is 2.10 bits per heavy atom. The van der Waals surface area contributed by atoms with Crippen LogP contribution >= 0.6 is 0 Å². The largest absolute Gasteiger partial charge is 0.479 e. The van der Waals surface area contributed by atoms with Crippen LogP contribution in [-0.4, -0.2) is 38.2 Å². The zero-order valence-electron chi connectivity index (χ0n) is 11.9. The van der Waals surface area contributed by atoms with E-state index in [0.717, 1.165) is 11.8 Å². The van der Waals surface area contributed by atoms with Crippen molar-refractivity contribution in [1.82, 2.24) is 0 Å². The molecule has 21 heavy (non-hydrogen) atoms. The zero-order valence-corrected chi connectivity index (χ0v) is 12.7. The fourth-order valence-corrected chi connectivity index (χ4v) is 2.79. The molecule has 0 aliphatic carbocycles. The fraction of sp³-hybridized carbons (Fsp3) is 0.429. The predicted molar refractivity (Wildman–Crippen MR) is 78.2 cm³/mol. The Balaban J connectivity index is 2.01. The summed E-state index contributed by atoms with van der Waals surface area (Å²) in [5.74, 6) is -0.375. The number of fused-ring (bicyclic) bond motifs is 1. The number of hydrogen-bond acceptors (Lipinski definition) is 5. The summed E-state index contributed by atoms with van der Waals surface area (Å²) in [7, 11) is -3.28. The van der Waals surface area contributed by atoms with Gasteiger partial charge in [-0.25, -0.2) is 8.42 Å². The smallest absolute Gasteiger partial charge is 0.265 e. The molecule has 0 fully saturated rings. The highest BCUT2D eigenvalue weighted by Gasteiger charge is 2.23. The van der Waals surface area contributed by atoms with Crippen molar-refractivity contribution in [2.24, 2.45) is 0 Å². The van der Waals surface area contributed by atoms with Crippen molar-refractivity contribution in [2.75, 3.05) is 17.3 Å². The highest BCUT2D eigenvalue weighted by molar-refractivity contribution is 7.91. The van der Waals surface area contributed by atoms with Crippen molar-refractivity contribution in [3.63, 3.8) is 0 Å². The van der Waals surface area contributed by atoms with Gasteiger partial charge in [0.2, 0.25) is 0 Å². The van der Waals surface area contributed by atoms with E-state index in [-0.39, 0.29) is 18.1 Å². The number of anilines is 1. The molecule has 1 aliphatic heterocycles. The first-order chi connectivity index (χ1) is 9.74. The Morgan fingerprint density at radius 3 is 2.76 bits per heavy atom. The molecule has 6 nitrogen and oxygen atoms in total. The van der Waals surface area contributed by atoms with Crippen molar-refractivity contribution in [2.45, 2.75) is 25.9 Å². The Morgan fingerprint density at radius 1 is 1.38 bits per heavy atom. The quantitative estimate of drug-likeness (QED) is 0.874. The molecule has 0 saturated heterocycles. The summed E-state index contributed by atoms with van der Waals surface area (Å²) >= 11 is 0. The Labute approximate surface area is 123 Å². The van der Waals surface area contributed by atoms with E-state index >= 15 is 0 Å². The minimum Gasteiger partial charge on any atom is -0.479 e.